The van der Waals surface area contributed by atoms with Gasteiger partial charge < -0.3 is 15.5 Å². The van der Waals surface area contributed by atoms with Crippen molar-refractivity contribution in [2.75, 3.05) is 24.7 Å². The number of hydrogen-bond acceptors (Lipinski definition) is 3. The van der Waals surface area contributed by atoms with Crippen LogP contribution >= 0.6 is 0 Å². The van der Waals surface area contributed by atoms with E-state index in [9.17, 15) is 4.79 Å². The smallest absolute Gasteiger partial charge is 0.258 e. The molecule has 4 nitrogen and oxygen atoms in total. The largest absolute Gasteiger partial charge is 0.354 e. The van der Waals surface area contributed by atoms with E-state index in [2.05, 4.69) is 53.9 Å². The summed E-state index contributed by atoms with van der Waals surface area (Å²) in [4.78, 5) is 14.9. The van der Waals surface area contributed by atoms with Crippen LogP contribution in [0.15, 0.2) is 78.9 Å². The lowest BCUT2D eigenvalue weighted by molar-refractivity contribution is -0.110. The number of carbonyl (C=O) groups is 1. The Morgan fingerprint density at radius 2 is 1.57 bits per heavy atom. The second-order valence-electron chi connectivity index (χ2n) is 7.18. The zero-order chi connectivity index (χ0) is 19.5. The van der Waals surface area contributed by atoms with E-state index in [4.69, 9.17) is 0 Å². The van der Waals surface area contributed by atoms with E-state index >= 15 is 0 Å². The first-order chi connectivity index (χ1) is 13.6. The number of hydrogen-bond donors (Lipinski definition) is 2. The average Bonchev–Trinajstić information content (AvgIpc) is 3.03. The zero-order valence-electron chi connectivity index (χ0n) is 16.1. The van der Waals surface area contributed by atoms with Crippen LogP contribution in [0.5, 0.6) is 0 Å². The number of fused-ring (bicyclic) bond motifs is 1. The van der Waals surface area contributed by atoms with Crippen LogP contribution in [0.4, 0.5) is 11.4 Å². The van der Waals surface area contributed by atoms with Gasteiger partial charge in [0.2, 0.25) is 0 Å². The number of nitrogens with one attached hydrogen (secondary N) is 2. The van der Waals surface area contributed by atoms with E-state index in [1.165, 1.54) is 5.56 Å². The summed E-state index contributed by atoms with van der Waals surface area (Å²) in [5.41, 5.74) is 6.41. The Balaban J connectivity index is 1.77. The van der Waals surface area contributed by atoms with Gasteiger partial charge in [0.05, 0.1) is 11.3 Å². The number of rotatable bonds is 5. The molecule has 1 aliphatic rings. The SMILES string of the molecule is CN(C)Cc1ccc(NC(=C2C(=O)Nc3ccccc32)c2ccccc2)cc1. The van der Waals surface area contributed by atoms with Crippen LogP contribution in [-0.4, -0.2) is 24.9 Å². The van der Waals surface area contributed by atoms with Crippen molar-refractivity contribution in [2.45, 2.75) is 6.54 Å². The van der Waals surface area contributed by atoms with E-state index in [1.54, 1.807) is 0 Å². The van der Waals surface area contributed by atoms with Gasteiger partial charge in [0.15, 0.2) is 0 Å². The van der Waals surface area contributed by atoms with Gasteiger partial charge in [-0.3, -0.25) is 4.79 Å². The normalized spacial score (nSPS) is 14.6. The first-order valence-corrected chi connectivity index (χ1v) is 9.33. The fraction of sp³-hybridized carbons (Fsp3) is 0.125. The van der Waals surface area contributed by atoms with Crippen LogP contribution in [0.2, 0.25) is 0 Å². The minimum Gasteiger partial charge on any atom is -0.354 e. The number of para-hydroxylation sites is 1. The van der Waals surface area contributed by atoms with Crippen molar-refractivity contribution < 1.29 is 4.79 Å². The molecule has 0 spiro atoms. The van der Waals surface area contributed by atoms with Crippen molar-refractivity contribution in [1.82, 2.24) is 4.90 Å². The van der Waals surface area contributed by atoms with Gasteiger partial charge in [-0.15, -0.1) is 0 Å². The van der Waals surface area contributed by atoms with E-state index in [0.29, 0.717) is 5.57 Å². The second kappa shape index (κ2) is 7.71. The molecule has 1 aliphatic heterocycles. The van der Waals surface area contributed by atoms with Crippen LogP contribution in [-0.2, 0) is 11.3 Å². The standard InChI is InChI=1S/C24H23N3O/c1-27(2)16-17-12-14-19(15-13-17)25-23(18-8-4-3-5-9-18)22-20-10-6-7-11-21(20)26-24(22)28/h3-15,25H,16H2,1-2H3,(H,26,28). The number of amides is 1. The summed E-state index contributed by atoms with van der Waals surface area (Å²) in [6.07, 6.45) is 0. The molecule has 0 radical (unpaired) electrons. The molecule has 4 heteroatoms. The van der Waals surface area contributed by atoms with E-state index in [-0.39, 0.29) is 5.91 Å². The molecule has 4 rings (SSSR count). The molecule has 1 amide bonds. The highest BCUT2D eigenvalue weighted by atomic mass is 16.2. The van der Waals surface area contributed by atoms with Crippen molar-refractivity contribution in [3.63, 3.8) is 0 Å². The van der Waals surface area contributed by atoms with Crippen LogP contribution in [0.3, 0.4) is 0 Å². The van der Waals surface area contributed by atoms with Crippen molar-refractivity contribution in [3.05, 3.63) is 95.6 Å². The predicted octanol–water partition coefficient (Wildman–Crippen LogP) is 4.68. The van der Waals surface area contributed by atoms with Crippen LogP contribution in [0.25, 0.3) is 11.3 Å². The molecule has 2 N–H and O–H groups in total. The molecule has 28 heavy (non-hydrogen) atoms. The summed E-state index contributed by atoms with van der Waals surface area (Å²) in [5, 5.41) is 6.47. The lowest BCUT2D eigenvalue weighted by Gasteiger charge is -2.16. The van der Waals surface area contributed by atoms with E-state index in [1.807, 2.05) is 54.6 Å². The molecule has 0 fully saturated rings. The molecule has 3 aromatic rings. The molecular weight excluding hydrogens is 346 g/mol. The Morgan fingerprint density at radius 1 is 0.893 bits per heavy atom. The Labute approximate surface area is 165 Å². The summed E-state index contributed by atoms with van der Waals surface area (Å²) in [7, 11) is 4.11. The topological polar surface area (TPSA) is 44.4 Å². The van der Waals surface area contributed by atoms with Crippen molar-refractivity contribution in [1.29, 1.82) is 0 Å². The average molecular weight is 369 g/mol. The number of benzene rings is 3. The number of carbonyl (C=O) groups excluding carboxylic acids is 1. The summed E-state index contributed by atoms with van der Waals surface area (Å²) in [6, 6.07) is 26.1. The third-order valence-corrected chi connectivity index (χ3v) is 4.71. The molecular formula is C24H23N3O. The van der Waals surface area contributed by atoms with Gasteiger partial charge in [0, 0.05) is 23.5 Å². The van der Waals surface area contributed by atoms with Gasteiger partial charge in [-0.1, -0.05) is 60.7 Å². The lowest BCUT2D eigenvalue weighted by atomic mass is 10.00. The van der Waals surface area contributed by atoms with Crippen LogP contribution < -0.4 is 10.6 Å². The van der Waals surface area contributed by atoms with Gasteiger partial charge in [0.25, 0.3) is 5.91 Å². The van der Waals surface area contributed by atoms with Gasteiger partial charge in [0.1, 0.15) is 0 Å². The predicted molar refractivity (Wildman–Crippen MR) is 116 cm³/mol. The van der Waals surface area contributed by atoms with Gasteiger partial charge in [-0.25, -0.2) is 0 Å². The third kappa shape index (κ3) is 3.68. The van der Waals surface area contributed by atoms with Gasteiger partial charge in [-0.2, -0.15) is 0 Å². The van der Waals surface area contributed by atoms with Crippen molar-refractivity contribution in [3.8, 4) is 0 Å². The maximum absolute atomic E-state index is 12.8. The summed E-state index contributed by atoms with van der Waals surface area (Å²) in [5.74, 6) is -0.0863. The lowest BCUT2D eigenvalue weighted by Crippen LogP contribution is -2.11. The Kier molecular flexibility index (Phi) is 4.96. The molecule has 0 saturated carbocycles. The van der Waals surface area contributed by atoms with E-state index in [0.717, 1.165) is 34.7 Å². The van der Waals surface area contributed by atoms with Gasteiger partial charge in [-0.05, 0) is 43.4 Å². The second-order valence-corrected chi connectivity index (χ2v) is 7.18. The summed E-state index contributed by atoms with van der Waals surface area (Å²) in [6.45, 7) is 0.892. The van der Waals surface area contributed by atoms with Gasteiger partial charge >= 0.3 is 0 Å². The molecule has 0 atom stereocenters. The van der Waals surface area contributed by atoms with Crippen LogP contribution in [0.1, 0.15) is 16.7 Å². The number of anilines is 2. The highest BCUT2D eigenvalue weighted by Crippen LogP contribution is 2.37. The minimum atomic E-state index is -0.0863. The first-order valence-electron chi connectivity index (χ1n) is 9.33. The van der Waals surface area contributed by atoms with E-state index < -0.39 is 0 Å². The maximum Gasteiger partial charge on any atom is 0.258 e. The fourth-order valence-electron chi connectivity index (χ4n) is 3.45. The maximum atomic E-state index is 12.8. The van der Waals surface area contributed by atoms with Crippen molar-refractivity contribution >= 4 is 28.6 Å². The molecule has 0 bridgehead atoms. The zero-order valence-corrected chi connectivity index (χ0v) is 16.1. The molecule has 0 saturated heterocycles. The summed E-state index contributed by atoms with van der Waals surface area (Å²) >= 11 is 0. The monoisotopic (exact) mass is 369 g/mol. The molecule has 0 aromatic heterocycles. The molecule has 1 heterocycles. The highest BCUT2D eigenvalue weighted by molar-refractivity contribution is 6.37. The Bertz CT molecular complexity index is 1020. The molecule has 0 aliphatic carbocycles. The number of nitrogens with zero attached hydrogens (tertiary/aromatic N) is 1. The molecule has 0 unspecified atom stereocenters. The molecule has 3 aromatic carbocycles. The highest BCUT2D eigenvalue weighted by Gasteiger charge is 2.27. The summed E-state index contributed by atoms with van der Waals surface area (Å²) < 4.78 is 0. The molecule has 140 valence electrons. The van der Waals surface area contributed by atoms with Crippen molar-refractivity contribution in [2.24, 2.45) is 0 Å². The third-order valence-electron chi connectivity index (χ3n) is 4.71. The first kappa shape index (κ1) is 18.0. The fourth-order valence-corrected chi connectivity index (χ4v) is 3.45. The minimum absolute atomic E-state index is 0.0863. The quantitative estimate of drug-likeness (QED) is 0.642. The Morgan fingerprint density at radius 3 is 2.29 bits per heavy atom. The Hall–Kier alpha value is -3.37. The van der Waals surface area contributed by atoms with Crippen LogP contribution in [0, 0.1) is 0 Å².